The number of aryl methyl sites for hydroxylation is 1. The monoisotopic (exact) mass is 985 g/mol. The summed E-state index contributed by atoms with van der Waals surface area (Å²) in [5.41, 5.74) is 0.669. The van der Waals surface area contributed by atoms with Gasteiger partial charge >= 0.3 is 16.2 Å². The van der Waals surface area contributed by atoms with Gasteiger partial charge in [-0.2, -0.15) is 12.7 Å². The third-order valence-electron chi connectivity index (χ3n) is 11.5. The first-order valence-corrected chi connectivity index (χ1v) is 31.3. The van der Waals surface area contributed by atoms with E-state index in [1.165, 1.54) is 13.3 Å². The lowest BCUT2D eigenvalue weighted by Gasteiger charge is -2.29. The molecule has 1 aliphatic rings. The molecule has 0 bridgehead atoms. The number of alkyl halides is 1. The summed E-state index contributed by atoms with van der Waals surface area (Å²) < 4.78 is 107. The van der Waals surface area contributed by atoms with Gasteiger partial charge in [-0.3, -0.25) is 9.59 Å². The van der Waals surface area contributed by atoms with Crippen molar-refractivity contribution in [1.82, 2.24) is 19.0 Å². The van der Waals surface area contributed by atoms with E-state index in [9.17, 15) is 22.4 Å². The number of ketones is 1. The van der Waals surface area contributed by atoms with Crippen LogP contribution in [0.4, 0.5) is 18.9 Å². The number of anilines is 1. The average molecular weight is 986 g/mol. The number of methoxy groups -OCH3 is 1. The number of carbonyl (C=O) groups excluding carboxylic acids is 2. The van der Waals surface area contributed by atoms with Crippen molar-refractivity contribution in [1.29, 1.82) is 0 Å². The van der Waals surface area contributed by atoms with Crippen molar-refractivity contribution < 1.29 is 54.6 Å². The molecule has 3 aromatic heterocycles. The summed E-state index contributed by atoms with van der Waals surface area (Å²) in [7, 11) is -6.31. The van der Waals surface area contributed by atoms with Crippen LogP contribution in [0.5, 0.6) is 5.75 Å². The first-order valence-electron chi connectivity index (χ1n) is 22.5. The molecule has 1 unspecified atom stereocenters. The molecule has 0 radical (unpaired) electrons. The van der Waals surface area contributed by atoms with E-state index < -0.39 is 86.4 Å². The molecule has 1 fully saturated rings. The predicted octanol–water partition coefficient (Wildman–Crippen LogP) is 9.73. The van der Waals surface area contributed by atoms with Crippen molar-refractivity contribution in [3.8, 4) is 16.9 Å². The first kappa shape index (κ1) is 51.5. The fraction of sp³-hybridized carbons (Fsp3) is 0.489. The number of hydrogen-bond donors (Lipinski definition) is 0. The van der Waals surface area contributed by atoms with Crippen LogP contribution in [0.1, 0.15) is 59.0 Å². The molecule has 5 aromatic rings. The Balaban J connectivity index is 1.27. The molecular weight excluding hydrogens is 924 g/mol. The second-order valence-electron chi connectivity index (χ2n) is 19.3. The Labute approximate surface area is 392 Å². The number of nitrogens with zero attached hydrogens (tertiary/aromatic N) is 5. The molecule has 6 rings (SSSR count). The van der Waals surface area contributed by atoms with E-state index in [-0.39, 0.29) is 37.3 Å². The first-order chi connectivity index (χ1) is 31.7. The van der Waals surface area contributed by atoms with Gasteiger partial charge in [-0.25, -0.2) is 22.5 Å². The van der Waals surface area contributed by atoms with Gasteiger partial charge in [0.25, 0.3) is 0 Å². The highest BCUT2D eigenvalue weighted by Crippen LogP contribution is 2.35. The second-order valence-corrected chi connectivity index (χ2v) is 32.4. The molecule has 67 heavy (non-hydrogen) atoms. The Morgan fingerprint density at radius 2 is 1.64 bits per heavy atom. The molecule has 0 aliphatic carbocycles. The van der Waals surface area contributed by atoms with E-state index in [1.54, 1.807) is 42.0 Å². The smallest absolute Gasteiger partial charge is 0.316 e. The molecule has 1 saturated heterocycles. The maximum atomic E-state index is 17.0. The van der Waals surface area contributed by atoms with Gasteiger partial charge in [0, 0.05) is 71.9 Å². The van der Waals surface area contributed by atoms with Crippen LogP contribution in [0, 0.1) is 18.6 Å². The summed E-state index contributed by atoms with van der Waals surface area (Å²) in [6.07, 6.45) is 3.44. The molecule has 4 heterocycles. The summed E-state index contributed by atoms with van der Waals surface area (Å²) in [5, 5.41) is 4.17. The number of fused-ring (bicyclic) bond motifs is 1. The quantitative estimate of drug-likeness (QED) is 0.0191. The maximum absolute atomic E-state index is 17.0. The zero-order valence-corrected chi connectivity index (χ0v) is 42.4. The van der Waals surface area contributed by atoms with Crippen LogP contribution in [0.3, 0.4) is 0 Å². The fourth-order valence-electron chi connectivity index (χ4n) is 7.50. The maximum Gasteiger partial charge on any atom is 0.316 e. The van der Waals surface area contributed by atoms with Gasteiger partial charge in [0.1, 0.15) is 42.8 Å². The van der Waals surface area contributed by atoms with E-state index in [2.05, 4.69) is 44.4 Å². The lowest BCUT2D eigenvalue weighted by Crippen LogP contribution is -2.45. The van der Waals surface area contributed by atoms with Crippen molar-refractivity contribution in [3.63, 3.8) is 0 Å². The summed E-state index contributed by atoms with van der Waals surface area (Å²) in [4.78, 5) is 31.7. The van der Waals surface area contributed by atoms with Gasteiger partial charge in [0.05, 0.1) is 36.2 Å². The number of hydrogen-bond acceptors (Lipinski definition) is 11. The van der Waals surface area contributed by atoms with Gasteiger partial charge in [-0.1, -0.05) is 56.6 Å². The topological polar surface area (TPSA) is 156 Å². The summed E-state index contributed by atoms with van der Waals surface area (Å²) in [6, 6.07) is 14.0. The highest BCUT2D eigenvalue weighted by atomic mass is 32.2. The zero-order valence-electron chi connectivity index (χ0n) is 39.6. The van der Waals surface area contributed by atoms with Crippen molar-refractivity contribution in [2.45, 2.75) is 103 Å². The van der Waals surface area contributed by atoms with E-state index in [0.29, 0.717) is 76.8 Å². The van der Waals surface area contributed by atoms with Crippen molar-refractivity contribution >= 4 is 54.8 Å². The third kappa shape index (κ3) is 13.2. The standard InChI is InChI=1S/C47H62F3N5O9SSi2/c1-32-25-42(64-52-32)37(47(57)60-2)11-9-10-20-63-36-14-12-33(13-15-36)34-26-38-39(29-53(46(38)51-27-34)30-61-21-23-66(3,4)5)45(56)43-40(49)16-17-41(44(43)50)55(31-62-22-24-67(6,7)8)65(58,59)54-19-18-35(48)28-54/h12-17,25-27,29,35,37H,9-11,18-24,28,30-31H2,1-8H3/t35-,37?/m1/s1. The van der Waals surface area contributed by atoms with Crippen LogP contribution in [0.15, 0.2) is 65.4 Å². The van der Waals surface area contributed by atoms with Crippen molar-refractivity contribution in [2.75, 3.05) is 51.1 Å². The number of halogens is 3. The zero-order chi connectivity index (χ0) is 48.7. The Hall–Kier alpha value is -4.87. The van der Waals surface area contributed by atoms with Gasteiger partial charge in [-0.15, -0.1) is 0 Å². The van der Waals surface area contributed by atoms with Crippen LogP contribution in [-0.2, 0) is 35.9 Å². The van der Waals surface area contributed by atoms with E-state index >= 15 is 8.78 Å². The molecule has 2 atom stereocenters. The molecule has 364 valence electrons. The SMILES string of the molecule is COC(=O)C(CCCCOc1ccc(-c2cnc3c(c2)c(C(=O)c2c(F)ccc(N(COCC[Si](C)(C)C)S(=O)(=O)N4CC[C@@H](F)C4)c2F)cn3COCC[Si](C)(C)C)cc1)c1cc(C)no1. The number of benzene rings is 2. The normalized spacial score (nSPS) is 15.3. The molecule has 0 spiro atoms. The summed E-state index contributed by atoms with van der Waals surface area (Å²) >= 11 is 0. The van der Waals surface area contributed by atoms with Crippen molar-refractivity contribution in [2.24, 2.45) is 0 Å². The number of aromatic nitrogens is 3. The van der Waals surface area contributed by atoms with Crippen LogP contribution in [0.2, 0.25) is 51.4 Å². The minimum Gasteiger partial charge on any atom is -0.494 e. The van der Waals surface area contributed by atoms with E-state index in [1.807, 2.05) is 12.1 Å². The highest BCUT2D eigenvalue weighted by Gasteiger charge is 2.39. The largest absolute Gasteiger partial charge is 0.494 e. The molecule has 1 aliphatic heterocycles. The predicted molar refractivity (Wildman–Crippen MR) is 256 cm³/mol. The lowest BCUT2D eigenvalue weighted by atomic mass is 9.99. The second kappa shape index (κ2) is 22.0. The Morgan fingerprint density at radius 1 is 0.940 bits per heavy atom. The average Bonchev–Trinajstić information content (AvgIpc) is 4.01. The number of ether oxygens (including phenoxy) is 4. The molecule has 0 saturated carbocycles. The summed E-state index contributed by atoms with van der Waals surface area (Å²) in [5.74, 6) is -3.54. The van der Waals surface area contributed by atoms with E-state index in [0.717, 1.165) is 22.5 Å². The van der Waals surface area contributed by atoms with Crippen LogP contribution >= 0.6 is 0 Å². The molecule has 0 N–H and O–H groups in total. The molecular formula is C47H62F3N5O9SSi2. The molecule has 2 aromatic carbocycles. The number of rotatable bonds is 24. The van der Waals surface area contributed by atoms with Crippen LogP contribution < -0.4 is 9.04 Å². The number of pyridine rings is 1. The van der Waals surface area contributed by atoms with E-state index in [4.69, 9.17) is 28.5 Å². The van der Waals surface area contributed by atoms with Gasteiger partial charge in [0.2, 0.25) is 5.78 Å². The van der Waals surface area contributed by atoms with Gasteiger partial charge < -0.3 is 28.0 Å². The Bertz CT molecular complexity index is 2620. The summed E-state index contributed by atoms with van der Waals surface area (Å²) in [6.45, 7) is 14.6. The molecule has 14 nitrogen and oxygen atoms in total. The third-order valence-corrected chi connectivity index (χ3v) is 16.7. The number of carbonyl (C=O) groups is 2. The fourth-order valence-corrected chi connectivity index (χ4v) is 10.6. The minimum atomic E-state index is -4.58. The Morgan fingerprint density at radius 3 is 2.27 bits per heavy atom. The lowest BCUT2D eigenvalue weighted by molar-refractivity contribution is -0.143. The Kier molecular flexibility index (Phi) is 17.0. The molecule has 20 heteroatoms. The van der Waals surface area contributed by atoms with Crippen molar-refractivity contribution in [3.05, 3.63) is 95.1 Å². The van der Waals surface area contributed by atoms with Crippen LogP contribution in [0.25, 0.3) is 22.2 Å². The van der Waals surface area contributed by atoms with Gasteiger partial charge in [0.15, 0.2) is 11.6 Å². The molecule has 0 amide bonds. The minimum absolute atomic E-state index is 0.00685. The van der Waals surface area contributed by atoms with Gasteiger partial charge in [-0.05, 0) is 80.6 Å². The number of esters is 1. The number of unbranched alkanes of at least 4 members (excludes halogenated alkanes) is 1. The van der Waals surface area contributed by atoms with Crippen LogP contribution in [-0.4, -0.2) is 108 Å². The highest BCUT2D eigenvalue weighted by molar-refractivity contribution is 7.90.